The Morgan fingerprint density at radius 3 is 2.56 bits per heavy atom. The van der Waals surface area contributed by atoms with Crippen LogP contribution in [0.15, 0.2) is 47.3 Å². The van der Waals surface area contributed by atoms with Crippen LogP contribution in [0.2, 0.25) is 0 Å². The number of carbonyl (C=O) groups excluding carboxylic acids is 4. The average Bonchev–Trinajstić information content (AvgIpc) is 3.24. The summed E-state index contributed by atoms with van der Waals surface area (Å²) in [4.78, 5) is 50.9. The first-order chi connectivity index (χ1) is 20.6. The number of imide groups is 1. The molecule has 43 heavy (non-hydrogen) atoms. The fraction of sp³-hybridized carbons (Fsp3) is 0.613. The first-order valence-corrected chi connectivity index (χ1v) is 14.8. The second-order valence-electron chi connectivity index (χ2n) is 12.2. The van der Waals surface area contributed by atoms with Crippen LogP contribution in [0.4, 0.5) is 0 Å². The van der Waals surface area contributed by atoms with Crippen LogP contribution in [-0.2, 0) is 42.9 Å². The zero-order valence-electron chi connectivity index (χ0n) is 24.1. The molecule has 2 aliphatic carbocycles. The van der Waals surface area contributed by atoms with Crippen molar-refractivity contribution in [3.8, 4) is 0 Å². The minimum absolute atomic E-state index is 0.0283. The van der Waals surface area contributed by atoms with Gasteiger partial charge < -0.3 is 33.9 Å². The van der Waals surface area contributed by atoms with Gasteiger partial charge in [-0.25, -0.2) is 4.79 Å². The number of allylic oxidation sites excluding steroid dienone is 1. The molecule has 3 N–H and O–H groups in total. The number of amides is 2. The Labute approximate surface area is 248 Å². The number of carbonyl (C=O) groups is 4. The largest absolute Gasteiger partial charge is 0.498 e. The lowest BCUT2D eigenvalue weighted by Crippen LogP contribution is -2.66. The number of hydrogen-bond donors (Lipinski definition) is 3. The topological polar surface area (TPSA) is 167 Å². The molecule has 10 atom stereocenters. The molecule has 5 aliphatic heterocycles. The summed E-state index contributed by atoms with van der Waals surface area (Å²) < 4.78 is 29.4. The molecule has 1 saturated carbocycles. The Morgan fingerprint density at radius 2 is 1.79 bits per heavy atom. The molecule has 12 heteroatoms. The molecule has 2 saturated heterocycles. The molecule has 0 aromatic heterocycles. The second kappa shape index (κ2) is 11.6. The van der Waals surface area contributed by atoms with Crippen molar-refractivity contribution in [1.82, 2.24) is 5.32 Å². The maximum Gasteiger partial charge on any atom is 0.335 e. The van der Waals surface area contributed by atoms with E-state index in [0.29, 0.717) is 6.42 Å². The molecule has 2 amide bonds. The van der Waals surface area contributed by atoms with Crippen LogP contribution in [0.1, 0.15) is 39.0 Å². The van der Waals surface area contributed by atoms with Gasteiger partial charge in [0.15, 0.2) is 6.10 Å². The summed E-state index contributed by atoms with van der Waals surface area (Å²) in [6.07, 6.45) is 5.46. The summed E-state index contributed by atoms with van der Waals surface area (Å²) in [6.45, 7) is 1.31. The lowest BCUT2D eigenvalue weighted by atomic mass is 9.54. The summed E-state index contributed by atoms with van der Waals surface area (Å²) in [5.41, 5.74) is 0.0485. The van der Waals surface area contributed by atoms with Crippen molar-refractivity contribution in [2.45, 2.75) is 75.1 Å². The summed E-state index contributed by atoms with van der Waals surface area (Å²) >= 11 is 0. The van der Waals surface area contributed by atoms with Crippen molar-refractivity contribution in [3.63, 3.8) is 0 Å². The molecule has 3 fully saturated rings. The van der Waals surface area contributed by atoms with Gasteiger partial charge in [0.2, 0.25) is 0 Å². The molecule has 0 aromatic rings. The van der Waals surface area contributed by atoms with E-state index in [4.69, 9.17) is 23.7 Å². The lowest BCUT2D eigenvalue weighted by molar-refractivity contribution is -0.254. The minimum atomic E-state index is -1.38. The van der Waals surface area contributed by atoms with Gasteiger partial charge in [0.25, 0.3) is 11.8 Å². The van der Waals surface area contributed by atoms with Gasteiger partial charge in [0.1, 0.15) is 31.0 Å². The maximum absolute atomic E-state index is 13.5. The maximum atomic E-state index is 13.5. The number of hydrogen-bond acceptors (Lipinski definition) is 11. The van der Waals surface area contributed by atoms with Crippen LogP contribution < -0.4 is 5.32 Å². The fourth-order valence-electron chi connectivity index (χ4n) is 7.81. The van der Waals surface area contributed by atoms with Gasteiger partial charge in [-0.1, -0.05) is 18.2 Å². The number of methoxy groups -OCH3 is 1. The highest BCUT2D eigenvalue weighted by Crippen LogP contribution is 2.58. The van der Waals surface area contributed by atoms with Crippen LogP contribution in [0.25, 0.3) is 0 Å². The summed E-state index contributed by atoms with van der Waals surface area (Å²) in [6, 6.07) is 0. The van der Waals surface area contributed by atoms with Crippen molar-refractivity contribution < 1.29 is 53.1 Å². The number of ether oxygens (including phenoxy) is 5. The van der Waals surface area contributed by atoms with E-state index >= 15 is 0 Å². The standard InChI is InChI=1S/C31H37NO11/c1-15-9-17-13-41-25(35)6-5-20-21(29(37)32-28(20)36)7-8-40-14-23(34)27(17)42-30(38)24(39-2)11-18-4-3-16-10-19-12-22(33)26(16)31(15,18)43-19/h3-4,7-9,16-19,22-24,26-27,33-34H,5-6,10-14H2,1-2H3,(H,32,36,37)/t16-,17-,18+,19+,22+,23+,24-,26-,27-,31-/m0/s1. The van der Waals surface area contributed by atoms with E-state index in [-0.39, 0.29) is 67.5 Å². The molecule has 232 valence electrons. The van der Waals surface area contributed by atoms with E-state index in [1.807, 2.05) is 19.1 Å². The van der Waals surface area contributed by atoms with Crippen molar-refractivity contribution >= 4 is 23.8 Å². The summed E-state index contributed by atoms with van der Waals surface area (Å²) in [7, 11) is 1.41. The van der Waals surface area contributed by atoms with Crippen molar-refractivity contribution in [1.29, 1.82) is 0 Å². The normalized spacial score (nSPS) is 41.5. The van der Waals surface area contributed by atoms with Crippen molar-refractivity contribution in [2.24, 2.45) is 23.7 Å². The molecule has 1 spiro atoms. The van der Waals surface area contributed by atoms with Gasteiger partial charge in [0.05, 0.1) is 30.0 Å². The number of cyclic esters (lactones) is 1. The van der Waals surface area contributed by atoms with Gasteiger partial charge >= 0.3 is 11.9 Å². The Hall–Kier alpha value is -3.32. The minimum Gasteiger partial charge on any atom is -0.498 e. The average molecular weight is 600 g/mol. The van der Waals surface area contributed by atoms with Gasteiger partial charge in [-0.05, 0) is 50.2 Å². The number of aliphatic hydroxyl groups is 2. The molecule has 0 unspecified atom stereocenters. The first kappa shape index (κ1) is 29.7. The Kier molecular flexibility index (Phi) is 8.05. The van der Waals surface area contributed by atoms with Gasteiger partial charge in [-0.2, -0.15) is 0 Å². The number of fused-ring (bicyclic) bond motifs is 2. The smallest absolute Gasteiger partial charge is 0.335 e. The SMILES string of the molecule is CO[C@H]1C[C@H]2C=C[C@H]3C[C@@H]4C[C@@H](O)[C@H]3[C@]2(O4)C(C)=C[C@H]2COC(=O)CCC3=C(C=COC[C@@H](O)[C@H]2OC1=O)C(=O)NC3=O. The number of nitrogens with one attached hydrogen (secondary N) is 1. The zero-order valence-corrected chi connectivity index (χ0v) is 24.1. The van der Waals surface area contributed by atoms with E-state index in [2.05, 4.69) is 11.4 Å². The number of rotatable bonds is 1. The van der Waals surface area contributed by atoms with E-state index in [1.165, 1.54) is 19.4 Å². The van der Waals surface area contributed by atoms with Gasteiger partial charge in [-0.3, -0.25) is 19.7 Å². The predicted octanol–water partition coefficient (Wildman–Crippen LogP) is 0.771. The highest BCUT2D eigenvalue weighted by atomic mass is 16.6. The predicted molar refractivity (Wildman–Crippen MR) is 146 cm³/mol. The summed E-state index contributed by atoms with van der Waals surface area (Å²) in [5, 5.41) is 24.7. The molecular weight excluding hydrogens is 562 g/mol. The van der Waals surface area contributed by atoms with Crippen LogP contribution in [0.5, 0.6) is 0 Å². The van der Waals surface area contributed by atoms with E-state index in [1.54, 1.807) is 0 Å². The van der Waals surface area contributed by atoms with Crippen LogP contribution >= 0.6 is 0 Å². The van der Waals surface area contributed by atoms with Crippen molar-refractivity contribution in [3.05, 3.63) is 47.3 Å². The molecule has 4 bridgehead atoms. The third kappa shape index (κ3) is 5.24. The van der Waals surface area contributed by atoms with E-state index in [0.717, 1.165) is 12.0 Å². The Bertz CT molecular complexity index is 1320. The highest BCUT2D eigenvalue weighted by molar-refractivity contribution is 6.20. The summed E-state index contributed by atoms with van der Waals surface area (Å²) in [5.74, 6) is -3.82. The van der Waals surface area contributed by atoms with Gasteiger partial charge in [0, 0.05) is 30.9 Å². The third-order valence-electron chi connectivity index (χ3n) is 9.75. The monoisotopic (exact) mass is 599 g/mol. The molecular formula is C31H37NO11. The molecule has 5 heterocycles. The highest BCUT2D eigenvalue weighted by Gasteiger charge is 2.62. The first-order valence-electron chi connectivity index (χ1n) is 14.8. The fourth-order valence-corrected chi connectivity index (χ4v) is 7.81. The quantitative estimate of drug-likeness (QED) is 0.221. The molecule has 0 radical (unpaired) electrons. The number of esters is 2. The third-order valence-corrected chi connectivity index (χ3v) is 9.75. The molecule has 12 nitrogen and oxygen atoms in total. The molecule has 0 aromatic carbocycles. The van der Waals surface area contributed by atoms with Crippen LogP contribution in [-0.4, -0.2) is 90.4 Å². The zero-order chi connectivity index (χ0) is 30.5. The van der Waals surface area contributed by atoms with Gasteiger partial charge in [-0.15, -0.1) is 0 Å². The van der Waals surface area contributed by atoms with E-state index in [9.17, 15) is 29.4 Å². The second-order valence-corrected chi connectivity index (χ2v) is 12.2. The molecule has 7 rings (SSSR count). The van der Waals surface area contributed by atoms with Crippen LogP contribution in [0, 0.1) is 23.7 Å². The lowest BCUT2D eigenvalue weighted by Gasteiger charge is -2.62. The van der Waals surface area contributed by atoms with E-state index < -0.39 is 59.7 Å². The van der Waals surface area contributed by atoms with Crippen molar-refractivity contribution in [2.75, 3.05) is 20.3 Å². The Morgan fingerprint density at radius 1 is 0.977 bits per heavy atom. The molecule has 7 aliphatic rings. The number of aliphatic hydroxyl groups excluding tert-OH is 2. The Balaban J connectivity index is 1.39. The van der Waals surface area contributed by atoms with Crippen LogP contribution in [0.3, 0.4) is 0 Å².